The van der Waals surface area contributed by atoms with Crippen molar-refractivity contribution in [3.63, 3.8) is 0 Å². The van der Waals surface area contributed by atoms with Crippen molar-refractivity contribution in [3.8, 4) is 0 Å². The van der Waals surface area contributed by atoms with Gasteiger partial charge in [-0.1, -0.05) is 0 Å². The van der Waals surface area contributed by atoms with Gasteiger partial charge < -0.3 is 4.74 Å². The predicted octanol–water partition coefficient (Wildman–Crippen LogP) is 1.32. The number of aromatic nitrogens is 1. The molecule has 0 bridgehead atoms. The Morgan fingerprint density at radius 2 is 1.64 bits per heavy atom. The minimum atomic E-state index is -0.236. The van der Waals surface area contributed by atoms with Crippen molar-refractivity contribution >= 4 is 0 Å². The van der Waals surface area contributed by atoms with Gasteiger partial charge in [0.25, 0.3) is 6.29 Å². The van der Waals surface area contributed by atoms with E-state index in [-0.39, 0.29) is 6.29 Å². The molecule has 0 aliphatic rings. The molecule has 14 heavy (non-hydrogen) atoms. The topological polar surface area (TPSA) is 22.3 Å². The molecule has 1 atom stereocenters. The van der Waals surface area contributed by atoms with Crippen molar-refractivity contribution in [2.24, 2.45) is 0 Å². The fourth-order valence-electron chi connectivity index (χ4n) is 1.45. The van der Waals surface area contributed by atoms with Crippen LogP contribution in [-0.2, 0) is 4.74 Å². The number of nitrogens with zero attached hydrogens (tertiary/aromatic N) is 1. The molecule has 0 aliphatic heterocycles. The van der Waals surface area contributed by atoms with E-state index in [1.807, 2.05) is 20.8 Å². The SMILES string of the molecule is COC(C)O[n+]1c(C)cc(C)cc1C. The molecule has 0 radical (unpaired) electrons. The maximum atomic E-state index is 5.57. The summed E-state index contributed by atoms with van der Waals surface area (Å²) in [7, 11) is 1.63. The van der Waals surface area contributed by atoms with Crippen LogP contribution in [0.2, 0.25) is 0 Å². The summed E-state index contributed by atoms with van der Waals surface area (Å²) in [6, 6.07) is 4.16. The molecule has 0 fully saturated rings. The number of pyridine rings is 1. The van der Waals surface area contributed by atoms with E-state index < -0.39 is 0 Å². The van der Waals surface area contributed by atoms with Gasteiger partial charge in [0.1, 0.15) is 0 Å². The van der Waals surface area contributed by atoms with E-state index >= 15 is 0 Å². The van der Waals surface area contributed by atoms with Gasteiger partial charge in [0.2, 0.25) is 11.4 Å². The molecule has 1 aromatic rings. The van der Waals surface area contributed by atoms with Gasteiger partial charge in [0, 0.05) is 44.7 Å². The van der Waals surface area contributed by atoms with Crippen LogP contribution in [0.25, 0.3) is 0 Å². The van der Waals surface area contributed by atoms with Crippen LogP contribution in [0.4, 0.5) is 0 Å². The number of hydrogen-bond acceptors (Lipinski definition) is 2. The normalized spacial score (nSPS) is 12.6. The number of hydrogen-bond donors (Lipinski definition) is 0. The summed E-state index contributed by atoms with van der Waals surface area (Å²) in [5.41, 5.74) is 3.39. The van der Waals surface area contributed by atoms with Crippen LogP contribution in [0, 0.1) is 20.8 Å². The van der Waals surface area contributed by atoms with Gasteiger partial charge >= 0.3 is 0 Å². The largest absolute Gasteiger partial charge is 0.341 e. The Morgan fingerprint density at radius 3 is 2.07 bits per heavy atom. The minimum Gasteiger partial charge on any atom is -0.341 e. The third-order valence-electron chi connectivity index (χ3n) is 2.10. The molecule has 0 saturated heterocycles. The van der Waals surface area contributed by atoms with Gasteiger partial charge in [0.15, 0.2) is 0 Å². The maximum Gasteiger partial charge on any atom is 0.267 e. The number of methoxy groups -OCH3 is 1. The molecule has 0 N–H and O–H groups in total. The fraction of sp³-hybridized carbons (Fsp3) is 0.545. The van der Waals surface area contributed by atoms with Crippen LogP contribution < -0.4 is 9.57 Å². The van der Waals surface area contributed by atoms with E-state index in [0.29, 0.717) is 0 Å². The summed E-state index contributed by atoms with van der Waals surface area (Å²) in [6.45, 7) is 7.97. The molecular weight excluding hydrogens is 178 g/mol. The molecule has 0 spiro atoms. The molecule has 3 heteroatoms. The van der Waals surface area contributed by atoms with Gasteiger partial charge in [0.05, 0.1) is 0 Å². The molecule has 78 valence electrons. The quantitative estimate of drug-likeness (QED) is 0.537. The first-order valence-electron chi connectivity index (χ1n) is 4.74. The second kappa shape index (κ2) is 4.42. The van der Waals surface area contributed by atoms with Gasteiger partial charge in [-0.15, -0.1) is 0 Å². The van der Waals surface area contributed by atoms with Crippen molar-refractivity contribution in [2.45, 2.75) is 34.0 Å². The molecule has 1 heterocycles. The van der Waals surface area contributed by atoms with Crippen LogP contribution >= 0.6 is 0 Å². The Bertz CT molecular complexity index is 300. The average Bonchev–Trinajstić information content (AvgIpc) is 2.10. The molecule has 0 saturated carbocycles. The van der Waals surface area contributed by atoms with Crippen LogP contribution in [0.1, 0.15) is 23.9 Å². The molecule has 1 aromatic heterocycles. The first kappa shape index (κ1) is 11.0. The zero-order valence-electron chi connectivity index (χ0n) is 9.50. The summed E-state index contributed by atoms with van der Waals surface area (Å²) in [5, 5.41) is 0. The lowest BCUT2D eigenvalue weighted by atomic mass is 10.2. The van der Waals surface area contributed by atoms with Crippen LogP contribution in [0.15, 0.2) is 12.1 Å². The molecule has 0 amide bonds. The monoisotopic (exact) mass is 196 g/mol. The molecule has 0 aromatic carbocycles. The third kappa shape index (κ3) is 2.45. The Hall–Kier alpha value is -1.09. The van der Waals surface area contributed by atoms with Crippen LogP contribution in [0.3, 0.4) is 0 Å². The first-order chi connectivity index (χ1) is 6.54. The summed E-state index contributed by atoms with van der Waals surface area (Å²) < 4.78 is 6.84. The second-order valence-corrected chi connectivity index (χ2v) is 3.52. The third-order valence-corrected chi connectivity index (χ3v) is 2.10. The average molecular weight is 196 g/mol. The van der Waals surface area contributed by atoms with Crippen molar-refractivity contribution in [1.82, 2.24) is 0 Å². The highest BCUT2D eigenvalue weighted by Crippen LogP contribution is 2.01. The lowest BCUT2D eigenvalue weighted by molar-refractivity contribution is -0.913. The van der Waals surface area contributed by atoms with E-state index in [0.717, 1.165) is 11.4 Å². The van der Waals surface area contributed by atoms with Crippen molar-refractivity contribution in [1.29, 1.82) is 0 Å². The molecule has 0 aliphatic carbocycles. The molecule has 1 rings (SSSR count). The van der Waals surface area contributed by atoms with Gasteiger partial charge in [-0.05, 0) is 12.5 Å². The molecule has 1 unspecified atom stereocenters. The Morgan fingerprint density at radius 1 is 1.14 bits per heavy atom. The van der Waals surface area contributed by atoms with Gasteiger partial charge in [-0.25, -0.2) is 4.84 Å². The van der Waals surface area contributed by atoms with Gasteiger partial charge in [-0.2, -0.15) is 0 Å². The summed E-state index contributed by atoms with van der Waals surface area (Å²) in [6.07, 6.45) is -0.236. The Kier molecular flexibility index (Phi) is 3.47. The van der Waals surface area contributed by atoms with Crippen LogP contribution in [0.5, 0.6) is 0 Å². The van der Waals surface area contributed by atoms with E-state index in [1.165, 1.54) is 5.56 Å². The Labute approximate surface area is 85.2 Å². The second-order valence-electron chi connectivity index (χ2n) is 3.52. The van der Waals surface area contributed by atoms with Gasteiger partial charge in [-0.3, -0.25) is 0 Å². The number of aryl methyl sites for hydroxylation is 3. The minimum absolute atomic E-state index is 0.236. The highest BCUT2D eigenvalue weighted by molar-refractivity contribution is 5.13. The van der Waals surface area contributed by atoms with E-state index in [9.17, 15) is 0 Å². The predicted molar refractivity (Wildman–Crippen MR) is 53.9 cm³/mol. The molecular formula is C11H18NO2+. The van der Waals surface area contributed by atoms with E-state index in [1.54, 1.807) is 11.8 Å². The van der Waals surface area contributed by atoms with E-state index in [4.69, 9.17) is 9.57 Å². The van der Waals surface area contributed by atoms with Crippen molar-refractivity contribution < 1.29 is 14.3 Å². The lowest BCUT2D eigenvalue weighted by Gasteiger charge is -2.08. The summed E-state index contributed by atoms with van der Waals surface area (Å²) >= 11 is 0. The number of rotatable bonds is 3. The lowest BCUT2D eigenvalue weighted by Crippen LogP contribution is -2.52. The fourth-order valence-corrected chi connectivity index (χ4v) is 1.45. The number of ether oxygens (including phenoxy) is 1. The first-order valence-corrected chi connectivity index (χ1v) is 4.74. The Balaban J connectivity index is 2.96. The standard InChI is InChI=1S/C11H18NO2/c1-8-6-9(2)12(10(3)7-8)14-11(4)13-5/h6-7,11H,1-5H3/q+1. The van der Waals surface area contributed by atoms with Crippen molar-refractivity contribution in [3.05, 3.63) is 29.1 Å². The highest BCUT2D eigenvalue weighted by Gasteiger charge is 2.16. The van der Waals surface area contributed by atoms with E-state index in [2.05, 4.69) is 19.1 Å². The zero-order valence-corrected chi connectivity index (χ0v) is 9.50. The molecule has 3 nitrogen and oxygen atoms in total. The highest BCUT2D eigenvalue weighted by atomic mass is 16.8. The maximum absolute atomic E-state index is 5.57. The summed E-state index contributed by atoms with van der Waals surface area (Å²) in [5.74, 6) is 0. The smallest absolute Gasteiger partial charge is 0.267 e. The zero-order chi connectivity index (χ0) is 10.7. The van der Waals surface area contributed by atoms with Crippen molar-refractivity contribution in [2.75, 3.05) is 7.11 Å². The van der Waals surface area contributed by atoms with Crippen LogP contribution in [-0.4, -0.2) is 13.4 Å². The summed E-state index contributed by atoms with van der Waals surface area (Å²) in [4.78, 5) is 5.57.